The number of ether oxygens (including phenoxy) is 2. The van der Waals surface area contributed by atoms with E-state index in [1.807, 2.05) is 41.7 Å². The van der Waals surface area contributed by atoms with Crippen LogP contribution in [0.5, 0.6) is 0 Å². The van der Waals surface area contributed by atoms with E-state index in [0.29, 0.717) is 38.3 Å². The summed E-state index contributed by atoms with van der Waals surface area (Å²) in [6.07, 6.45) is 0.288. The van der Waals surface area contributed by atoms with E-state index in [4.69, 9.17) is 9.47 Å². The smallest absolute Gasteiger partial charge is 0.410 e. The minimum Gasteiger partial charge on any atom is -0.444 e. The van der Waals surface area contributed by atoms with E-state index in [0.717, 1.165) is 11.3 Å². The number of aryl methyl sites for hydroxylation is 1. The number of hydrogen-bond acceptors (Lipinski definition) is 5. The Morgan fingerprint density at radius 2 is 1.78 bits per heavy atom. The molecule has 8 heteroatoms. The molecule has 2 aliphatic rings. The minimum atomic E-state index is -0.551. The third kappa shape index (κ3) is 4.26. The maximum absolute atomic E-state index is 13.1. The van der Waals surface area contributed by atoms with Gasteiger partial charge in [0.2, 0.25) is 0 Å². The van der Waals surface area contributed by atoms with Crippen LogP contribution >= 0.6 is 0 Å². The van der Waals surface area contributed by atoms with E-state index >= 15 is 0 Å². The van der Waals surface area contributed by atoms with Crippen molar-refractivity contribution in [3.8, 4) is 0 Å². The average Bonchev–Trinajstić information content (AvgIpc) is 2.88. The highest BCUT2D eigenvalue weighted by molar-refractivity contribution is 5.94. The van der Waals surface area contributed by atoms with Crippen molar-refractivity contribution in [1.29, 1.82) is 0 Å². The predicted octanol–water partition coefficient (Wildman–Crippen LogP) is 1.96. The molecule has 1 saturated heterocycles. The molecular formula is C19H30N4O4. The molecule has 0 aliphatic carbocycles. The van der Waals surface area contributed by atoms with Crippen molar-refractivity contribution in [2.24, 2.45) is 7.05 Å². The summed E-state index contributed by atoms with van der Waals surface area (Å²) in [6.45, 7) is 11.5. The maximum atomic E-state index is 13.1. The van der Waals surface area contributed by atoms with E-state index in [2.05, 4.69) is 5.10 Å². The Bertz CT molecular complexity index is 727. The Labute approximate surface area is 160 Å². The zero-order valence-electron chi connectivity index (χ0n) is 17.1. The van der Waals surface area contributed by atoms with Crippen LogP contribution in [0, 0.1) is 0 Å². The summed E-state index contributed by atoms with van der Waals surface area (Å²) in [7, 11) is 1.85. The standard InChI is InChI=1S/C19H30N4O4/c1-12-9-23(10-13(2)26-12)17(24)16-14-11-22(18(25)27-19(3,4)5)8-7-15(14)21(6)20-16/h12-13H,7-11H2,1-6H3. The van der Waals surface area contributed by atoms with E-state index in [1.165, 1.54) is 0 Å². The number of amides is 2. The summed E-state index contributed by atoms with van der Waals surface area (Å²) >= 11 is 0. The maximum Gasteiger partial charge on any atom is 0.410 e. The van der Waals surface area contributed by atoms with Gasteiger partial charge in [0, 0.05) is 44.4 Å². The predicted molar refractivity (Wildman–Crippen MR) is 99.5 cm³/mol. The van der Waals surface area contributed by atoms with Crippen LogP contribution in [0.15, 0.2) is 0 Å². The second kappa shape index (κ2) is 7.14. The molecule has 0 saturated carbocycles. The molecule has 0 radical (unpaired) electrons. The first-order valence-corrected chi connectivity index (χ1v) is 9.52. The third-order valence-corrected chi connectivity index (χ3v) is 4.80. The van der Waals surface area contributed by atoms with Gasteiger partial charge in [0.25, 0.3) is 5.91 Å². The molecular weight excluding hydrogens is 348 g/mol. The van der Waals surface area contributed by atoms with E-state index in [1.54, 1.807) is 14.5 Å². The number of morpholine rings is 1. The lowest BCUT2D eigenvalue weighted by atomic mass is 10.0. The van der Waals surface area contributed by atoms with Crippen LogP contribution in [-0.2, 0) is 29.5 Å². The fourth-order valence-electron chi connectivity index (χ4n) is 3.74. The Kier molecular flexibility index (Phi) is 5.20. The van der Waals surface area contributed by atoms with Crippen molar-refractivity contribution in [2.75, 3.05) is 19.6 Å². The molecule has 3 heterocycles. The number of nitrogens with zero attached hydrogens (tertiary/aromatic N) is 4. The fraction of sp³-hybridized carbons (Fsp3) is 0.737. The van der Waals surface area contributed by atoms with Gasteiger partial charge in [-0.1, -0.05) is 0 Å². The van der Waals surface area contributed by atoms with Crippen LogP contribution in [0.3, 0.4) is 0 Å². The van der Waals surface area contributed by atoms with E-state index in [-0.39, 0.29) is 24.2 Å². The van der Waals surface area contributed by atoms with E-state index < -0.39 is 5.60 Å². The molecule has 1 fully saturated rings. The zero-order valence-corrected chi connectivity index (χ0v) is 17.1. The van der Waals surface area contributed by atoms with Crippen LogP contribution in [-0.4, -0.2) is 69.0 Å². The first-order chi connectivity index (χ1) is 12.5. The number of aromatic nitrogens is 2. The topological polar surface area (TPSA) is 76.9 Å². The van der Waals surface area contributed by atoms with Crippen molar-refractivity contribution in [2.45, 2.75) is 65.4 Å². The van der Waals surface area contributed by atoms with Gasteiger partial charge in [-0.3, -0.25) is 9.48 Å². The molecule has 0 spiro atoms. The molecule has 2 atom stereocenters. The number of carbonyl (C=O) groups excluding carboxylic acids is 2. The molecule has 0 N–H and O–H groups in total. The molecule has 27 heavy (non-hydrogen) atoms. The van der Waals surface area contributed by atoms with Crippen molar-refractivity contribution in [1.82, 2.24) is 19.6 Å². The molecule has 3 rings (SSSR count). The first kappa shape index (κ1) is 19.7. The number of carbonyl (C=O) groups is 2. The summed E-state index contributed by atoms with van der Waals surface area (Å²) in [4.78, 5) is 29.1. The Morgan fingerprint density at radius 1 is 1.15 bits per heavy atom. The Balaban J connectivity index is 1.82. The number of rotatable bonds is 1. The minimum absolute atomic E-state index is 0.00417. The normalized spacial score (nSPS) is 23.2. The Hall–Kier alpha value is -2.09. The van der Waals surface area contributed by atoms with Gasteiger partial charge >= 0.3 is 6.09 Å². The zero-order chi connectivity index (χ0) is 19.9. The SMILES string of the molecule is CC1CN(C(=O)c2nn(C)c3c2CN(C(=O)OC(C)(C)C)CC3)CC(C)O1. The quantitative estimate of drug-likeness (QED) is 0.747. The Morgan fingerprint density at radius 3 is 2.37 bits per heavy atom. The molecule has 2 unspecified atom stereocenters. The summed E-state index contributed by atoms with van der Waals surface area (Å²) in [5.74, 6) is -0.0973. The number of fused-ring (bicyclic) bond motifs is 1. The largest absolute Gasteiger partial charge is 0.444 e. The average molecular weight is 378 g/mol. The molecule has 1 aromatic heterocycles. The first-order valence-electron chi connectivity index (χ1n) is 9.52. The van der Waals surface area contributed by atoms with E-state index in [9.17, 15) is 9.59 Å². The second-order valence-corrected chi connectivity index (χ2v) is 8.52. The van der Waals surface area contributed by atoms with Gasteiger partial charge < -0.3 is 19.3 Å². The second-order valence-electron chi connectivity index (χ2n) is 8.52. The summed E-state index contributed by atoms with van der Waals surface area (Å²) in [5, 5.41) is 4.49. The highest BCUT2D eigenvalue weighted by Crippen LogP contribution is 2.25. The van der Waals surface area contributed by atoms with Gasteiger partial charge in [-0.15, -0.1) is 0 Å². The molecule has 0 aromatic carbocycles. The highest BCUT2D eigenvalue weighted by atomic mass is 16.6. The lowest BCUT2D eigenvalue weighted by molar-refractivity contribution is -0.0587. The van der Waals surface area contributed by atoms with Gasteiger partial charge in [-0.2, -0.15) is 5.10 Å². The molecule has 1 aromatic rings. The monoisotopic (exact) mass is 378 g/mol. The van der Waals surface area contributed by atoms with Crippen LogP contribution in [0.2, 0.25) is 0 Å². The highest BCUT2D eigenvalue weighted by Gasteiger charge is 2.34. The summed E-state index contributed by atoms with van der Waals surface area (Å²) < 4.78 is 13.0. The lowest BCUT2D eigenvalue weighted by Crippen LogP contribution is -2.48. The summed E-state index contributed by atoms with van der Waals surface area (Å²) in [6, 6.07) is 0. The van der Waals surface area contributed by atoms with Crippen molar-refractivity contribution >= 4 is 12.0 Å². The van der Waals surface area contributed by atoms with Gasteiger partial charge in [0.1, 0.15) is 5.60 Å². The van der Waals surface area contributed by atoms with Crippen LogP contribution in [0.4, 0.5) is 4.79 Å². The van der Waals surface area contributed by atoms with Crippen molar-refractivity contribution in [3.63, 3.8) is 0 Å². The van der Waals surface area contributed by atoms with Gasteiger partial charge in [-0.25, -0.2) is 4.79 Å². The van der Waals surface area contributed by atoms with Crippen LogP contribution in [0.25, 0.3) is 0 Å². The van der Waals surface area contributed by atoms with Crippen LogP contribution in [0.1, 0.15) is 56.4 Å². The molecule has 2 amide bonds. The lowest BCUT2D eigenvalue weighted by Gasteiger charge is -2.35. The van der Waals surface area contributed by atoms with Gasteiger partial charge in [0.15, 0.2) is 5.69 Å². The molecule has 2 aliphatic heterocycles. The van der Waals surface area contributed by atoms with Crippen molar-refractivity contribution < 1.29 is 19.1 Å². The third-order valence-electron chi connectivity index (χ3n) is 4.80. The molecule has 8 nitrogen and oxygen atoms in total. The van der Waals surface area contributed by atoms with Crippen molar-refractivity contribution in [3.05, 3.63) is 17.0 Å². The number of hydrogen-bond donors (Lipinski definition) is 0. The summed E-state index contributed by atoms with van der Waals surface area (Å²) in [5.41, 5.74) is 1.71. The van der Waals surface area contributed by atoms with Gasteiger partial charge in [-0.05, 0) is 34.6 Å². The molecule has 0 bridgehead atoms. The molecule has 150 valence electrons. The van der Waals surface area contributed by atoms with Crippen LogP contribution < -0.4 is 0 Å². The fourth-order valence-corrected chi connectivity index (χ4v) is 3.74. The van der Waals surface area contributed by atoms with Gasteiger partial charge in [0.05, 0.1) is 18.8 Å².